The molecule has 0 aliphatic carbocycles. The van der Waals surface area contributed by atoms with Crippen molar-refractivity contribution in [1.29, 1.82) is 0 Å². The number of unbranched alkanes of at least 4 members (excludes halogenated alkanes) is 27. The second-order valence-electron chi connectivity index (χ2n) is 17.5. The molecule has 9 atom stereocenters. The van der Waals surface area contributed by atoms with Crippen LogP contribution in [0.2, 0.25) is 0 Å². The minimum absolute atomic E-state index is 0.261. The van der Waals surface area contributed by atoms with Crippen LogP contribution in [0.25, 0.3) is 0 Å². The standard InChI is InChI=1S/C48H93NO10/c1-3-5-7-9-10-11-12-13-14-15-16-17-18-19-20-21-22-23-24-25-26-27-28-29-30-32-34-36-41(52)47(57)49-39(43(53)40(51)35-33-31-8-6-4-2)38-58-48-46(56)45(55)44(54)42(37-50)59-48/h19-20,39-46,48,50-56H,3-18,21-38H2,1-2H3,(H,49,57)/b20-19-. The summed E-state index contributed by atoms with van der Waals surface area (Å²) >= 11 is 0. The van der Waals surface area contributed by atoms with Gasteiger partial charge in [0.1, 0.15) is 36.6 Å². The van der Waals surface area contributed by atoms with Gasteiger partial charge in [0.15, 0.2) is 6.29 Å². The number of aliphatic hydroxyl groups excluding tert-OH is 7. The average molecular weight is 844 g/mol. The van der Waals surface area contributed by atoms with Crippen LogP contribution in [0.15, 0.2) is 12.2 Å². The molecule has 11 nitrogen and oxygen atoms in total. The van der Waals surface area contributed by atoms with Gasteiger partial charge in [0, 0.05) is 0 Å². The van der Waals surface area contributed by atoms with E-state index in [9.17, 15) is 40.5 Å². The summed E-state index contributed by atoms with van der Waals surface area (Å²) in [5, 5.41) is 75.1. The molecule has 0 bridgehead atoms. The van der Waals surface area contributed by atoms with Crippen LogP contribution in [0.1, 0.15) is 219 Å². The van der Waals surface area contributed by atoms with E-state index in [0.717, 1.165) is 44.9 Å². The highest BCUT2D eigenvalue weighted by atomic mass is 16.7. The van der Waals surface area contributed by atoms with Gasteiger partial charge in [-0.1, -0.05) is 193 Å². The summed E-state index contributed by atoms with van der Waals surface area (Å²) in [6, 6.07) is -1.16. The predicted octanol–water partition coefficient (Wildman–Crippen LogP) is 8.45. The molecule has 1 saturated heterocycles. The lowest BCUT2D eigenvalue weighted by Crippen LogP contribution is -2.60. The number of nitrogens with one attached hydrogen (secondary N) is 1. The molecule has 1 heterocycles. The molecule has 0 spiro atoms. The average Bonchev–Trinajstić information content (AvgIpc) is 3.23. The summed E-state index contributed by atoms with van der Waals surface area (Å²) in [5.74, 6) is -0.701. The second kappa shape index (κ2) is 38.5. The van der Waals surface area contributed by atoms with E-state index in [4.69, 9.17) is 9.47 Å². The number of carbonyl (C=O) groups is 1. The number of amides is 1. The summed E-state index contributed by atoms with van der Waals surface area (Å²) in [6.07, 6.45) is 30.6. The Morgan fingerprint density at radius 3 is 1.42 bits per heavy atom. The summed E-state index contributed by atoms with van der Waals surface area (Å²) in [5.41, 5.74) is 0. The molecular formula is C48H93NO10. The van der Waals surface area contributed by atoms with Gasteiger partial charge in [0.25, 0.3) is 0 Å². The number of allylic oxidation sites excluding steroid dienone is 2. The molecule has 0 aromatic carbocycles. The van der Waals surface area contributed by atoms with Gasteiger partial charge in [0.2, 0.25) is 5.91 Å². The van der Waals surface area contributed by atoms with Crippen LogP contribution in [0.4, 0.5) is 0 Å². The van der Waals surface area contributed by atoms with E-state index in [0.29, 0.717) is 19.3 Å². The largest absolute Gasteiger partial charge is 0.394 e. The molecule has 1 amide bonds. The van der Waals surface area contributed by atoms with E-state index < -0.39 is 74.2 Å². The molecule has 59 heavy (non-hydrogen) atoms. The van der Waals surface area contributed by atoms with Crippen molar-refractivity contribution in [2.45, 2.75) is 274 Å². The van der Waals surface area contributed by atoms with Gasteiger partial charge in [-0.25, -0.2) is 0 Å². The van der Waals surface area contributed by atoms with Crippen LogP contribution >= 0.6 is 0 Å². The maximum atomic E-state index is 13.0. The van der Waals surface area contributed by atoms with Crippen molar-refractivity contribution >= 4 is 5.91 Å². The number of aliphatic hydroxyl groups is 7. The lowest BCUT2D eigenvalue weighted by molar-refractivity contribution is -0.303. The van der Waals surface area contributed by atoms with Crippen molar-refractivity contribution in [3.63, 3.8) is 0 Å². The number of ether oxygens (including phenoxy) is 2. The molecule has 1 fully saturated rings. The Kier molecular flexibility index (Phi) is 36.5. The number of hydrogen-bond donors (Lipinski definition) is 8. The smallest absolute Gasteiger partial charge is 0.249 e. The van der Waals surface area contributed by atoms with Crippen molar-refractivity contribution in [3.8, 4) is 0 Å². The molecule has 0 aromatic heterocycles. The Hall–Kier alpha value is -1.15. The molecule has 9 unspecified atom stereocenters. The molecule has 1 aliphatic heterocycles. The first-order valence-electron chi connectivity index (χ1n) is 24.6. The third kappa shape index (κ3) is 28.2. The van der Waals surface area contributed by atoms with E-state index in [-0.39, 0.29) is 6.42 Å². The van der Waals surface area contributed by atoms with Crippen molar-refractivity contribution < 1.29 is 50.0 Å². The summed E-state index contributed by atoms with van der Waals surface area (Å²) in [7, 11) is 0. The fourth-order valence-corrected chi connectivity index (χ4v) is 7.96. The van der Waals surface area contributed by atoms with Crippen LogP contribution in [0.3, 0.4) is 0 Å². The predicted molar refractivity (Wildman–Crippen MR) is 238 cm³/mol. The Labute approximate surface area is 360 Å². The van der Waals surface area contributed by atoms with Gasteiger partial charge in [-0.05, 0) is 38.5 Å². The maximum absolute atomic E-state index is 13.0. The molecule has 350 valence electrons. The Balaban J connectivity index is 2.18. The highest BCUT2D eigenvalue weighted by Gasteiger charge is 2.44. The maximum Gasteiger partial charge on any atom is 0.249 e. The van der Waals surface area contributed by atoms with Crippen LogP contribution < -0.4 is 5.32 Å². The molecule has 11 heteroatoms. The van der Waals surface area contributed by atoms with Crippen molar-refractivity contribution in [1.82, 2.24) is 5.32 Å². The molecule has 8 N–H and O–H groups in total. The summed E-state index contributed by atoms with van der Waals surface area (Å²) < 4.78 is 11.0. The topological polar surface area (TPSA) is 189 Å². The zero-order valence-electron chi connectivity index (χ0n) is 37.7. The summed E-state index contributed by atoms with van der Waals surface area (Å²) in [4.78, 5) is 13.0. The van der Waals surface area contributed by atoms with Crippen LogP contribution in [-0.4, -0.2) is 110 Å². The zero-order valence-corrected chi connectivity index (χ0v) is 37.7. The molecular weight excluding hydrogens is 751 g/mol. The highest BCUT2D eigenvalue weighted by Crippen LogP contribution is 2.23. The fourth-order valence-electron chi connectivity index (χ4n) is 7.96. The first-order valence-corrected chi connectivity index (χ1v) is 24.6. The Bertz CT molecular complexity index is 970. The zero-order chi connectivity index (χ0) is 43.4. The van der Waals surface area contributed by atoms with Gasteiger partial charge in [0.05, 0.1) is 25.4 Å². The van der Waals surface area contributed by atoms with Gasteiger partial charge in [-0.3, -0.25) is 4.79 Å². The van der Waals surface area contributed by atoms with E-state index in [1.54, 1.807) is 0 Å². The van der Waals surface area contributed by atoms with Crippen molar-refractivity contribution in [2.24, 2.45) is 0 Å². The molecule has 0 radical (unpaired) electrons. The van der Waals surface area contributed by atoms with Gasteiger partial charge in [-0.15, -0.1) is 0 Å². The Morgan fingerprint density at radius 2 is 0.983 bits per heavy atom. The van der Waals surface area contributed by atoms with Crippen LogP contribution in [-0.2, 0) is 14.3 Å². The lowest BCUT2D eigenvalue weighted by atomic mass is 9.98. The van der Waals surface area contributed by atoms with Gasteiger partial charge in [-0.2, -0.15) is 0 Å². The van der Waals surface area contributed by atoms with Gasteiger partial charge >= 0.3 is 0 Å². The SMILES string of the molecule is CCCCCCCCCCCCCC/C=C\CCCCCCCCCCCCCC(O)C(=O)NC(COC1OC(CO)C(O)C(O)C1O)C(O)C(O)CCCCCCC. The Morgan fingerprint density at radius 1 is 0.576 bits per heavy atom. The second-order valence-corrected chi connectivity index (χ2v) is 17.5. The molecule has 0 saturated carbocycles. The van der Waals surface area contributed by atoms with Crippen molar-refractivity contribution in [2.75, 3.05) is 13.2 Å². The third-order valence-electron chi connectivity index (χ3n) is 12.1. The van der Waals surface area contributed by atoms with Gasteiger partial charge < -0.3 is 50.5 Å². The number of rotatable bonds is 41. The molecule has 1 aliphatic rings. The highest BCUT2D eigenvalue weighted by molar-refractivity contribution is 5.80. The summed E-state index contributed by atoms with van der Waals surface area (Å²) in [6.45, 7) is 3.34. The first-order chi connectivity index (χ1) is 28.7. The minimum Gasteiger partial charge on any atom is -0.394 e. The van der Waals surface area contributed by atoms with Crippen molar-refractivity contribution in [3.05, 3.63) is 12.2 Å². The third-order valence-corrected chi connectivity index (χ3v) is 12.1. The quantitative estimate of drug-likeness (QED) is 0.0219. The lowest BCUT2D eigenvalue weighted by Gasteiger charge is -2.40. The normalized spacial score (nSPS) is 21.8. The molecule has 1 rings (SSSR count). The van der Waals surface area contributed by atoms with E-state index in [2.05, 4.69) is 31.3 Å². The number of carbonyl (C=O) groups excluding carboxylic acids is 1. The first kappa shape index (κ1) is 55.9. The van der Waals surface area contributed by atoms with E-state index >= 15 is 0 Å². The minimum atomic E-state index is -1.66. The molecule has 0 aromatic rings. The monoisotopic (exact) mass is 844 g/mol. The van der Waals surface area contributed by atoms with Crippen LogP contribution in [0, 0.1) is 0 Å². The van der Waals surface area contributed by atoms with E-state index in [1.807, 2.05) is 0 Å². The number of hydrogen-bond acceptors (Lipinski definition) is 10. The fraction of sp³-hybridized carbons (Fsp3) is 0.938. The van der Waals surface area contributed by atoms with E-state index in [1.165, 1.54) is 135 Å². The van der Waals surface area contributed by atoms with Crippen LogP contribution in [0.5, 0.6) is 0 Å².